The van der Waals surface area contributed by atoms with Crippen LogP contribution in [-0.2, 0) is 0 Å². The van der Waals surface area contributed by atoms with Crippen LogP contribution >= 0.6 is 11.8 Å². The van der Waals surface area contributed by atoms with Crippen molar-refractivity contribution in [3.8, 4) is 0 Å². The van der Waals surface area contributed by atoms with Crippen LogP contribution in [0, 0.1) is 5.92 Å². The minimum atomic E-state index is 0.631. The Morgan fingerprint density at radius 1 is 1.28 bits per heavy atom. The van der Waals surface area contributed by atoms with Crippen molar-refractivity contribution in [3.05, 3.63) is 0 Å². The van der Waals surface area contributed by atoms with Crippen molar-refractivity contribution in [3.63, 3.8) is 0 Å². The van der Waals surface area contributed by atoms with Crippen LogP contribution in [-0.4, -0.2) is 47.5 Å². The van der Waals surface area contributed by atoms with Crippen LogP contribution in [0.2, 0.25) is 0 Å². The number of hydrogen-bond acceptors (Lipinski definition) is 4. The zero-order chi connectivity index (χ0) is 13.0. The molecule has 0 amide bonds. The van der Waals surface area contributed by atoms with Crippen LogP contribution in [0.1, 0.15) is 40.0 Å². The normalized spacial score (nSPS) is 27.3. The van der Waals surface area contributed by atoms with E-state index in [1.54, 1.807) is 0 Å². The number of thioether (sulfide) groups is 1. The van der Waals surface area contributed by atoms with E-state index in [2.05, 4.69) is 36.0 Å². The number of nitrogens with zero attached hydrogens (tertiary/aromatic N) is 2. The summed E-state index contributed by atoms with van der Waals surface area (Å²) in [5, 5.41) is 5.38. The molecule has 3 nitrogen and oxygen atoms in total. The van der Waals surface area contributed by atoms with Gasteiger partial charge in [0, 0.05) is 17.8 Å². The van der Waals surface area contributed by atoms with E-state index in [4.69, 9.17) is 0 Å². The number of nitrogens with one attached hydrogen (secondary N) is 1. The summed E-state index contributed by atoms with van der Waals surface area (Å²) in [6, 6.07) is 0.631. The van der Waals surface area contributed by atoms with Crippen LogP contribution in [0.25, 0.3) is 0 Å². The number of rotatable bonds is 4. The van der Waals surface area contributed by atoms with E-state index in [1.807, 2.05) is 11.8 Å². The average molecular weight is 269 g/mol. The van der Waals surface area contributed by atoms with Gasteiger partial charge in [0.2, 0.25) is 0 Å². The molecule has 0 spiro atoms. The Labute approximate surface area is 116 Å². The van der Waals surface area contributed by atoms with Crippen LogP contribution in [0.3, 0.4) is 0 Å². The van der Waals surface area contributed by atoms with Gasteiger partial charge in [-0.05, 0) is 38.8 Å². The second-order valence-corrected chi connectivity index (χ2v) is 7.10. The van der Waals surface area contributed by atoms with Gasteiger partial charge in [0.05, 0.1) is 6.54 Å². The van der Waals surface area contributed by atoms with Crippen molar-refractivity contribution in [1.82, 2.24) is 10.2 Å². The molecule has 0 aromatic carbocycles. The quantitative estimate of drug-likeness (QED) is 0.850. The zero-order valence-corrected chi connectivity index (χ0v) is 12.8. The molecule has 1 fully saturated rings. The molecule has 2 aliphatic rings. The first-order valence-electron chi connectivity index (χ1n) is 7.36. The van der Waals surface area contributed by atoms with Crippen molar-refractivity contribution >= 4 is 16.9 Å². The Morgan fingerprint density at radius 2 is 2.00 bits per heavy atom. The lowest BCUT2D eigenvalue weighted by Crippen LogP contribution is -2.43. The van der Waals surface area contributed by atoms with Gasteiger partial charge in [-0.2, -0.15) is 0 Å². The van der Waals surface area contributed by atoms with Crippen molar-refractivity contribution in [2.45, 2.75) is 51.3 Å². The lowest BCUT2D eigenvalue weighted by atomic mass is 10.1. The molecule has 18 heavy (non-hydrogen) atoms. The van der Waals surface area contributed by atoms with Gasteiger partial charge in [-0.25, -0.2) is 0 Å². The van der Waals surface area contributed by atoms with Crippen LogP contribution in [0.5, 0.6) is 0 Å². The number of aliphatic imine (C=N–C) groups is 1. The van der Waals surface area contributed by atoms with Crippen molar-refractivity contribution < 1.29 is 0 Å². The largest absolute Gasteiger partial charge is 0.363 e. The Bertz CT molecular complexity index is 285. The van der Waals surface area contributed by atoms with E-state index in [1.165, 1.54) is 32.4 Å². The minimum absolute atomic E-state index is 0.631. The smallest absolute Gasteiger partial charge is 0.156 e. The van der Waals surface area contributed by atoms with Gasteiger partial charge in [-0.15, -0.1) is 0 Å². The summed E-state index contributed by atoms with van der Waals surface area (Å²) in [6.07, 6.45) is 4.15. The number of piperidine rings is 1. The molecule has 0 aromatic rings. The van der Waals surface area contributed by atoms with Gasteiger partial charge in [0.15, 0.2) is 5.17 Å². The van der Waals surface area contributed by atoms with Gasteiger partial charge in [-0.1, -0.05) is 32.0 Å². The van der Waals surface area contributed by atoms with E-state index in [9.17, 15) is 0 Å². The topological polar surface area (TPSA) is 27.6 Å². The Balaban J connectivity index is 1.68. The molecule has 0 radical (unpaired) electrons. The van der Waals surface area contributed by atoms with Crippen molar-refractivity contribution in [2.24, 2.45) is 10.9 Å². The van der Waals surface area contributed by atoms with E-state index >= 15 is 0 Å². The number of hydrogen-bond donors (Lipinski definition) is 1. The Hall–Kier alpha value is -0.220. The van der Waals surface area contributed by atoms with E-state index in [0.717, 1.165) is 24.2 Å². The highest BCUT2D eigenvalue weighted by Gasteiger charge is 2.23. The lowest BCUT2D eigenvalue weighted by Gasteiger charge is -2.32. The van der Waals surface area contributed by atoms with Crippen molar-refractivity contribution in [2.75, 3.05) is 26.2 Å². The maximum atomic E-state index is 4.61. The summed E-state index contributed by atoms with van der Waals surface area (Å²) < 4.78 is 0. The molecule has 0 saturated carbocycles. The average Bonchev–Trinajstić information content (AvgIpc) is 2.86. The molecule has 2 atom stereocenters. The summed E-state index contributed by atoms with van der Waals surface area (Å²) in [6.45, 7) is 11.5. The van der Waals surface area contributed by atoms with E-state index in [-0.39, 0.29) is 0 Å². The maximum Gasteiger partial charge on any atom is 0.156 e. The van der Waals surface area contributed by atoms with E-state index in [0.29, 0.717) is 11.3 Å². The third kappa shape index (κ3) is 3.89. The zero-order valence-electron chi connectivity index (χ0n) is 12.0. The molecular formula is C14H27N3S. The van der Waals surface area contributed by atoms with Gasteiger partial charge in [-0.3, -0.25) is 9.89 Å². The first-order valence-corrected chi connectivity index (χ1v) is 8.24. The van der Waals surface area contributed by atoms with Gasteiger partial charge < -0.3 is 5.32 Å². The standard InChI is InChI=1S/C14H27N3S/c1-11(2)13-10-16-14(18-13)15-9-12(3)17-7-5-4-6-8-17/h11-13H,4-10H2,1-3H3,(H,15,16). The predicted molar refractivity (Wildman–Crippen MR) is 81.4 cm³/mol. The third-order valence-electron chi connectivity index (χ3n) is 3.98. The second-order valence-electron chi connectivity index (χ2n) is 5.87. The highest BCUT2D eigenvalue weighted by molar-refractivity contribution is 8.14. The molecule has 1 N–H and O–H groups in total. The molecule has 2 aliphatic heterocycles. The summed E-state index contributed by atoms with van der Waals surface area (Å²) in [4.78, 5) is 7.21. The van der Waals surface area contributed by atoms with Gasteiger partial charge in [0.1, 0.15) is 0 Å². The molecule has 0 aromatic heterocycles. The third-order valence-corrected chi connectivity index (χ3v) is 5.48. The van der Waals surface area contributed by atoms with Crippen LogP contribution in [0.15, 0.2) is 4.99 Å². The van der Waals surface area contributed by atoms with Crippen molar-refractivity contribution in [1.29, 1.82) is 0 Å². The number of amidine groups is 1. The fourth-order valence-corrected chi connectivity index (χ4v) is 3.58. The van der Waals surface area contributed by atoms with Crippen LogP contribution < -0.4 is 5.32 Å². The summed E-state index contributed by atoms with van der Waals surface area (Å²) >= 11 is 1.93. The lowest BCUT2D eigenvalue weighted by molar-refractivity contribution is 0.175. The maximum absolute atomic E-state index is 4.61. The molecule has 1 saturated heterocycles. The molecule has 0 aliphatic carbocycles. The monoisotopic (exact) mass is 269 g/mol. The molecule has 2 heterocycles. The highest BCUT2D eigenvalue weighted by atomic mass is 32.2. The predicted octanol–water partition coefficient (Wildman–Crippen LogP) is 2.58. The van der Waals surface area contributed by atoms with E-state index < -0.39 is 0 Å². The SMILES string of the molecule is CC(C)C1CN=C(NCC(C)N2CCCCC2)S1. The molecule has 104 valence electrons. The summed E-state index contributed by atoms with van der Waals surface area (Å²) in [7, 11) is 0. The summed E-state index contributed by atoms with van der Waals surface area (Å²) in [5.41, 5.74) is 0. The summed E-state index contributed by atoms with van der Waals surface area (Å²) in [5.74, 6) is 0.720. The molecule has 4 heteroatoms. The molecule has 2 rings (SSSR count). The molecule has 0 bridgehead atoms. The fourth-order valence-electron chi connectivity index (χ4n) is 2.56. The second kappa shape index (κ2) is 6.80. The first kappa shape index (κ1) is 14.2. The number of likely N-dealkylation sites (tertiary alicyclic amines) is 1. The molecule has 2 unspecified atom stereocenters. The minimum Gasteiger partial charge on any atom is -0.363 e. The first-order chi connectivity index (χ1) is 8.66. The molecular weight excluding hydrogens is 242 g/mol. The fraction of sp³-hybridized carbons (Fsp3) is 0.929. The Morgan fingerprint density at radius 3 is 2.61 bits per heavy atom. The van der Waals surface area contributed by atoms with Gasteiger partial charge in [0.25, 0.3) is 0 Å². The van der Waals surface area contributed by atoms with Crippen LogP contribution in [0.4, 0.5) is 0 Å². The van der Waals surface area contributed by atoms with Gasteiger partial charge >= 0.3 is 0 Å². The highest BCUT2D eigenvalue weighted by Crippen LogP contribution is 2.25. The Kier molecular flexibility index (Phi) is 5.37.